The number of carbonyl (C=O) groups is 1. The number of halogens is 1. The van der Waals surface area contributed by atoms with E-state index in [0.29, 0.717) is 22.4 Å². The van der Waals surface area contributed by atoms with Gasteiger partial charge in [-0.15, -0.1) is 0 Å². The zero-order chi connectivity index (χ0) is 16.6. The molecule has 0 aliphatic rings. The third kappa shape index (κ3) is 2.70. The Morgan fingerprint density at radius 2 is 1.96 bits per heavy atom. The number of benzene rings is 2. The summed E-state index contributed by atoms with van der Waals surface area (Å²) in [4.78, 5) is 28.3. The van der Waals surface area contributed by atoms with Gasteiger partial charge in [0.05, 0.1) is 22.3 Å². The first-order valence-corrected chi connectivity index (χ1v) is 7.03. The second-order valence-electron chi connectivity index (χ2n) is 5.16. The molecule has 0 spiro atoms. The lowest BCUT2D eigenvalue weighted by Crippen LogP contribution is -2.22. The van der Waals surface area contributed by atoms with Crippen molar-refractivity contribution >= 4 is 22.5 Å². The second-order valence-corrected chi connectivity index (χ2v) is 5.16. The van der Waals surface area contributed by atoms with Crippen LogP contribution in [0.5, 0.6) is 0 Å². The van der Waals surface area contributed by atoms with E-state index in [4.69, 9.17) is 0 Å². The molecule has 0 bridgehead atoms. The van der Waals surface area contributed by atoms with Crippen LogP contribution >= 0.6 is 0 Å². The van der Waals surface area contributed by atoms with Crippen molar-refractivity contribution in [3.8, 4) is 5.69 Å². The molecule has 0 aliphatic heterocycles. The first-order chi connectivity index (χ1) is 11.0. The topological polar surface area (TPSA) is 64.0 Å². The SMILES string of the molecule is CC(=O)Nc1cc(-n2c(C)nc3ccccc3c2=O)ccc1F. The Kier molecular flexibility index (Phi) is 3.65. The van der Waals surface area contributed by atoms with Crippen molar-refractivity contribution in [2.24, 2.45) is 0 Å². The third-order valence-electron chi connectivity index (χ3n) is 3.46. The van der Waals surface area contributed by atoms with E-state index in [0.717, 1.165) is 0 Å². The number of amides is 1. The molecule has 0 fully saturated rings. The molecule has 0 saturated carbocycles. The highest BCUT2D eigenvalue weighted by atomic mass is 19.1. The molecule has 1 heterocycles. The highest BCUT2D eigenvalue weighted by molar-refractivity contribution is 5.89. The first kappa shape index (κ1) is 14.9. The van der Waals surface area contributed by atoms with E-state index in [9.17, 15) is 14.0 Å². The van der Waals surface area contributed by atoms with E-state index in [1.54, 1.807) is 25.1 Å². The maximum Gasteiger partial charge on any atom is 0.265 e. The zero-order valence-corrected chi connectivity index (χ0v) is 12.6. The van der Waals surface area contributed by atoms with Crippen LogP contribution < -0.4 is 10.9 Å². The highest BCUT2D eigenvalue weighted by Gasteiger charge is 2.12. The van der Waals surface area contributed by atoms with Crippen molar-refractivity contribution in [1.82, 2.24) is 9.55 Å². The quantitative estimate of drug-likeness (QED) is 0.791. The summed E-state index contributed by atoms with van der Waals surface area (Å²) in [6, 6.07) is 11.1. The Bertz CT molecular complexity index is 979. The maximum atomic E-state index is 13.8. The fourth-order valence-corrected chi connectivity index (χ4v) is 2.49. The summed E-state index contributed by atoms with van der Waals surface area (Å²) < 4.78 is 15.2. The summed E-state index contributed by atoms with van der Waals surface area (Å²) in [7, 11) is 0. The van der Waals surface area contributed by atoms with E-state index >= 15 is 0 Å². The number of fused-ring (bicyclic) bond motifs is 1. The van der Waals surface area contributed by atoms with Crippen molar-refractivity contribution in [2.45, 2.75) is 13.8 Å². The van der Waals surface area contributed by atoms with Gasteiger partial charge in [0, 0.05) is 6.92 Å². The molecule has 2 aromatic carbocycles. The predicted octanol–water partition coefficient (Wildman–Crippen LogP) is 2.79. The lowest BCUT2D eigenvalue weighted by molar-refractivity contribution is -0.114. The van der Waals surface area contributed by atoms with Crippen LogP contribution in [-0.2, 0) is 4.79 Å². The molecule has 6 heteroatoms. The highest BCUT2D eigenvalue weighted by Crippen LogP contribution is 2.20. The minimum atomic E-state index is -0.566. The van der Waals surface area contributed by atoms with Gasteiger partial charge in [-0.05, 0) is 37.3 Å². The van der Waals surface area contributed by atoms with Crippen molar-refractivity contribution in [3.05, 3.63) is 64.5 Å². The van der Waals surface area contributed by atoms with Gasteiger partial charge in [0.15, 0.2) is 0 Å². The molecular formula is C17H14FN3O2. The zero-order valence-electron chi connectivity index (χ0n) is 12.6. The van der Waals surface area contributed by atoms with Crippen LogP contribution in [0.25, 0.3) is 16.6 Å². The number of nitrogens with one attached hydrogen (secondary N) is 1. The van der Waals surface area contributed by atoms with Gasteiger partial charge in [-0.1, -0.05) is 12.1 Å². The number of hydrogen-bond donors (Lipinski definition) is 1. The van der Waals surface area contributed by atoms with Crippen molar-refractivity contribution in [2.75, 3.05) is 5.32 Å². The molecule has 5 nitrogen and oxygen atoms in total. The van der Waals surface area contributed by atoms with Crippen LogP contribution in [0.1, 0.15) is 12.7 Å². The Morgan fingerprint density at radius 3 is 2.70 bits per heavy atom. The van der Waals surface area contributed by atoms with Gasteiger partial charge in [0.1, 0.15) is 11.6 Å². The molecule has 1 N–H and O–H groups in total. The monoisotopic (exact) mass is 311 g/mol. The van der Waals surface area contributed by atoms with Crippen molar-refractivity contribution in [3.63, 3.8) is 0 Å². The number of nitrogens with zero attached hydrogens (tertiary/aromatic N) is 2. The van der Waals surface area contributed by atoms with Crippen LogP contribution in [-0.4, -0.2) is 15.5 Å². The Labute approximate surface area is 131 Å². The number of hydrogen-bond acceptors (Lipinski definition) is 3. The summed E-state index contributed by atoms with van der Waals surface area (Å²) in [5.74, 6) is -0.473. The normalized spacial score (nSPS) is 10.7. The molecule has 0 atom stereocenters. The van der Waals surface area contributed by atoms with Gasteiger partial charge in [-0.3, -0.25) is 14.2 Å². The largest absolute Gasteiger partial charge is 0.324 e. The number of aryl methyl sites for hydroxylation is 1. The van der Waals surface area contributed by atoms with Crippen molar-refractivity contribution in [1.29, 1.82) is 0 Å². The van der Waals surface area contributed by atoms with Gasteiger partial charge in [-0.25, -0.2) is 9.37 Å². The molecule has 116 valence electrons. The molecule has 0 radical (unpaired) electrons. The third-order valence-corrected chi connectivity index (χ3v) is 3.46. The molecule has 3 rings (SSSR count). The number of carbonyl (C=O) groups excluding carboxylic acids is 1. The second kappa shape index (κ2) is 5.64. The number of rotatable bonds is 2. The molecule has 3 aromatic rings. The summed E-state index contributed by atoms with van der Waals surface area (Å²) in [6.45, 7) is 3.00. The lowest BCUT2D eigenvalue weighted by atomic mass is 10.2. The van der Waals surface area contributed by atoms with Crippen LogP contribution in [0.3, 0.4) is 0 Å². The standard InChI is InChI=1S/C17H14FN3O2/c1-10-19-15-6-4-3-5-13(15)17(23)21(10)12-7-8-14(18)16(9-12)20-11(2)22/h3-9H,1-2H3,(H,20,22). The first-order valence-electron chi connectivity index (χ1n) is 7.03. The fraction of sp³-hybridized carbons (Fsp3) is 0.118. The Hall–Kier alpha value is -3.02. The summed E-state index contributed by atoms with van der Waals surface area (Å²) in [5.41, 5.74) is 0.828. The fourth-order valence-electron chi connectivity index (χ4n) is 2.49. The molecular weight excluding hydrogens is 297 g/mol. The maximum absolute atomic E-state index is 13.8. The van der Waals surface area contributed by atoms with E-state index in [-0.39, 0.29) is 17.2 Å². The van der Waals surface area contributed by atoms with E-state index < -0.39 is 5.82 Å². The van der Waals surface area contributed by atoms with Crippen LogP contribution in [0.2, 0.25) is 0 Å². The van der Waals surface area contributed by atoms with Gasteiger partial charge in [-0.2, -0.15) is 0 Å². The summed E-state index contributed by atoms with van der Waals surface area (Å²) in [5, 5.41) is 2.89. The molecule has 0 unspecified atom stereocenters. The van der Waals surface area contributed by atoms with Crippen LogP contribution in [0.4, 0.5) is 10.1 Å². The van der Waals surface area contributed by atoms with Crippen LogP contribution in [0, 0.1) is 12.7 Å². The average molecular weight is 311 g/mol. The predicted molar refractivity (Wildman–Crippen MR) is 86.3 cm³/mol. The van der Waals surface area contributed by atoms with Gasteiger partial charge >= 0.3 is 0 Å². The minimum absolute atomic E-state index is 0.0226. The van der Waals surface area contributed by atoms with Crippen LogP contribution in [0.15, 0.2) is 47.3 Å². The molecule has 0 aliphatic carbocycles. The van der Waals surface area contributed by atoms with Crippen molar-refractivity contribution < 1.29 is 9.18 Å². The van der Waals surface area contributed by atoms with Gasteiger partial charge < -0.3 is 5.32 Å². The Morgan fingerprint density at radius 1 is 1.22 bits per heavy atom. The summed E-state index contributed by atoms with van der Waals surface area (Å²) >= 11 is 0. The van der Waals surface area contributed by atoms with E-state index in [2.05, 4.69) is 10.3 Å². The van der Waals surface area contributed by atoms with E-state index in [1.807, 2.05) is 6.07 Å². The minimum Gasteiger partial charge on any atom is -0.324 e. The van der Waals surface area contributed by atoms with E-state index in [1.165, 1.54) is 29.7 Å². The van der Waals surface area contributed by atoms with Gasteiger partial charge in [0.2, 0.25) is 5.91 Å². The van der Waals surface area contributed by atoms with Gasteiger partial charge in [0.25, 0.3) is 5.56 Å². The molecule has 0 saturated heterocycles. The average Bonchev–Trinajstić information content (AvgIpc) is 2.50. The number of para-hydroxylation sites is 1. The Balaban J connectivity index is 2.25. The molecule has 1 aromatic heterocycles. The molecule has 1 amide bonds. The summed E-state index contributed by atoms with van der Waals surface area (Å²) in [6.07, 6.45) is 0. The lowest BCUT2D eigenvalue weighted by Gasteiger charge is -2.12. The smallest absolute Gasteiger partial charge is 0.265 e. The number of anilines is 1. The number of aromatic nitrogens is 2. The molecule has 23 heavy (non-hydrogen) atoms.